The molecule has 4 aromatic rings. The van der Waals surface area contributed by atoms with Crippen LogP contribution in [0.3, 0.4) is 0 Å². The molecule has 0 N–H and O–H groups in total. The summed E-state index contributed by atoms with van der Waals surface area (Å²) in [6.45, 7) is 13.3. The minimum atomic E-state index is -0.826. The third-order valence-electron chi connectivity index (χ3n) is 5.71. The van der Waals surface area contributed by atoms with Gasteiger partial charge >= 0.3 is 37.9 Å². The van der Waals surface area contributed by atoms with Crippen molar-refractivity contribution in [3.8, 4) is 0 Å². The van der Waals surface area contributed by atoms with Crippen molar-refractivity contribution in [3.05, 3.63) is 81.9 Å². The molecular formula is C25H28Cl2Zr. The van der Waals surface area contributed by atoms with E-state index >= 15 is 0 Å². The molecule has 0 spiro atoms. The summed E-state index contributed by atoms with van der Waals surface area (Å²) in [5.74, 6) is 0. The Morgan fingerprint density at radius 1 is 0.857 bits per heavy atom. The van der Waals surface area contributed by atoms with Gasteiger partial charge in [0.15, 0.2) is 0 Å². The van der Waals surface area contributed by atoms with Gasteiger partial charge in [-0.25, -0.2) is 0 Å². The Morgan fingerprint density at radius 2 is 1.39 bits per heavy atom. The second kappa shape index (κ2) is 10.8. The van der Waals surface area contributed by atoms with Crippen LogP contribution in [-0.4, -0.2) is 0 Å². The summed E-state index contributed by atoms with van der Waals surface area (Å²) < 4.78 is 0. The SMILES string of the molecule is CC[c-]1c(C)c(C)c(C)c1C.Cc1cc2ccc3ccccc3c2[cH-]1.[Cl][Zr+2][Cl]. The number of aryl methyl sites for hydroxylation is 1. The summed E-state index contributed by atoms with van der Waals surface area (Å²) in [6.07, 6.45) is 1.17. The molecule has 28 heavy (non-hydrogen) atoms. The van der Waals surface area contributed by atoms with Gasteiger partial charge in [-0.2, -0.15) is 33.9 Å². The average molecular weight is 491 g/mol. The van der Waals surface area contributed by atoms with E-state index in [2.05, 4.69) is 90.1 Å². The van der Waals surface area contributed by atoms with E-state index in [1.165, 1.54) is 55.8 Å². The van der Waals surface area contributed by atoms with Gasteiger partial charge in [-0.1, -0.05) is 89.1 Å². The second-order valence-electron chi connectivity index (χ2n) is 7.23. The Hall–Kier alpha value is -0.877. The third-order valence-corrected chi connectivity index (χ3v) is 5.71. The first kappa shape index (κ1) is 23.4. The first-order valence-corrected chi connectivity index (χ1v) is 15.9. The Kier molecular flexibility index (Phi) is 9.00. The predicted octanol–water partition coefficient (Wildman–Crippen LogP) is 8.60. The normalized spacial score (nSPS) is 10.1. The first-order valence-electron chi connectivity index (χ1n) is 9.58. The van der Waals surface area contributed by atoms with Gasteiger partial charge in [-0.15, -0.1) is 28.5 Å². The van der Waals surface area contributed by atoms with E-state index in [4.69, 9.17) is 17.0 Å². The van der Waals surface area contributed by atoms with E-state index in [-0.39, 0.29) is 0 Å². The molecule has 0 aromatic heterocycles. The van der Waals surface area contributed by atoms with E-state index in [9.17, 15) is 0 Å². The number of benzene rings is 2. The molecule has 3 heteroatoms. The van der Waals surface area contributed by atoms with Crippen LogP contribution >= 0.6 is 17.0 Å². The topological polar surface area (TPSA) is 0 Å². The molecule has 0 saturated carbocycles. The molecule has 0 aliphatic heterocycles. The standard InChI is InChI=1S/C14H11.C11H17.2ClH.Zr/c1-10-8-12-7-6-11-4-2-3-5-13(11)14(12)9-10;1-6-11-9(4)7(2)8(3)10(11)5;;;/h2-9H,1H3;6H2,1-5H3;2*1H;/q2*-1;;;+4/p-2. The Balaban J connectivity index is 0.000000181. The van der Waals surface area contributed by atoms with Gasteiger partial charge in [0.2, 0.25) is 0 Å². The van der Waals surface area contributed by atoms with Crippen LogP contribution in [0.4, 0.5) is 0 Å². The maximum absolute atomic E-state index is 4.93. The van der Waals surface area contributed by atoms with Gasteiger partial charge < -0.3 is 0 Å². The molecule has 0 saturated heterocycles. The molecule has 4 aromatic carbocycles. The Bertz CT molecular complexity index is 1030. The van der Waals surface area contributed by atoms with E-state index in [1.807, 2.05) is 0 Å². The molecule has 0 atom stereocenters. The van der Waals surface area contributed by atoms with Gasteiger partial charge in [0, 0.05) is 0 Å². The van der Waals surface area contributed by atoms with Gasteiger partial charge in [0.05, 0.1) is 0 Å². The van der Waals surface area contributed by atoms with Crippen LogP contribution < -0.4 is 0 Å². The molecule has 0 fully saturated rings. The van der Waals surface area contributed by atoms with Crippen molar-refractivity contribution in [3.63, 3.8) is 0 Å². The van der Waals surface area contributed by atoms with E-state index < -0.39 is 20.8 Å². The summed E-state index contributed by atoms with van der Waals surface area (Å²) in [6, 6.07) is 17.4. The van der Waals surface area contributed by atoms with Gasteiger partial charge in [0.25, 0.3) is 0 Å². The van der Waals surface area contributed by atoms with Crippen LogP contribution in [-0.2, 0) is 27.3 Å². The van der Waals surface area contributed by atoms with Crippen molar-refractivity contribution >= 4 is 38.6 Å². The van der Waals surface area contributed by atoms with Gasteiger partial charge in [-0.05, 0) is 0 Å². The van der Waals surface area contributed by atoms with Gasteiger partial charge in [0.1, 0.15) is 0 Å². The van der Waals surface area contributed by atoms with Crippen LogP contribution in [0.2, 0.25) is 0 Å². The summed E-state index contributed by atoms with van der Waals surface area (Å²) >= 11 is -0.826. The van der Waals surface area contributed by atoms with Crippen LogP contribution in [0, 0.1) is 34.6 Å². The fraction of sp³-hybridized carbons (Fsp3) is 0.280. The summed E-state index contributed by atoms with van der Waals surface area (Å²) in [7, 11) is 9.87. The third kappa shape index (κ3) is 5.18. The molecule has 0 bridgehead atoms. The maximum atomic E-state index is 4.93. The number of halogens is 2. The van der Waals surface area contributed by atoms with Crippen LogP contribution in [0.1, 0.15) is 40.3 Å². The van der Waals surface area contributed by atoms with Crippen molar-refractivity contribution in [1.82, 2.24) is 0 Å². The number of hydrogen-bond acceptors (Lipinski definition) is 0. The molecule has 4 rings (SSSR count). The van der Waals surface area contributed by atoms with E-state index in [1.54, 1.807) is 5.56 Å². The molecule has 0 radical (unpaired) electrons. The molecular weight excluding hydrogens is 462 g/mol. The average Bonchev–Trinajstić information content (AvgIpc) is 3.16. The monoisotopic (exact) mass is 488 g/mol. The van der Waals surface area contributed by atoms with Crippen molar-refractivity contribution in [1.29, 1.82) is 0 Å². The fourth-order valence-corrected chi connectivity index (χ4v) is 3.94. The molecule has 0 amide bonds. The molecule has 0 aliphatic rings. The van der Waals surface area contributed by atoms with E-state index in [0.29, 0.717) is 0 Å². The number of fused-ring (bicyclic) bond motifs is 3. The van der Waals surface area contributed by atoms with Gasteiger partial charge in [-0.3, -0.25) is 0 Å². The van der Waals surface area contributed by atoms with Crippen LogP contribution in [0.5, 0.6) is 0 Å². The summed E-state index contributed by atoms with van der Waals surface area (Å²) in [5, 5.41) is 5.41. The summed E-state index contributed by atoms with van der Waals surface area (Å²) in [4.78, 5) is 0. The minimum absolute atomic E-state index is 0.826. The molecule has 0 heterocycles. The zero-order chi connectivity index (χ0) is 20.8. The van der Waals surface area contributed by atoms with Crippen molar-refractivity contribution in [2.24, 2.45) is 0 Å². The van der Waals surface area contributed by atoms with Crippen molar-refractivity contribution in [2.75, 3.05) is 0 Å². The fourth-order valence-electron chi connectivity index (χ4n) is 3.94. The first-order chi connectivity index (χ1) is 13.3. The number of rotatable bonds is 1. The second-order valence-corrected chi connectivity index (χ2v) is 11.0. The molecule has 0 unspecified atom stereocenters. The summed E-state index contributed by atoms with van der Waals surface area (Å²) in [5.41, 5.74) is 8.88. The molecule has 146 valence electrons. The zero-order valence-corrected chi connectivity index (χ0v) is 21.6. The van der Waals surface area contributed by atoms with Crippen LogP contribution in [0.25, 0.3) is 21.5 Å². The quantitative estimate of drug-likeness (QED) is 0.234. The van der Waals surface area contributed by atoms with Crippen molar-refractivity contribution in [2.45, 2.75) is 48.0 Å². The zero-order valence-electron chi connectivity index (χ0n) is 17.6. The van der Waals surface area contributed by atoms with E-state index in [0.717, 1.165) is 0 Å². The Labute approximate surface area is 188 Å². The number of hydrogen-bond donors (Lipinski definition) is 0. The Morgan fingerprint density at radius 3 is 1.93 bits per heavy atom. The molecule has 0 nitrogen and oxygen atoms in total. The predicted molar refractivity (Wildman–Crippen MR) is 124 cm³/mol. The van der Waals surface area contributed by atoms with Crippen LogP contribution in [0.15, 0.2) is 48.5 Å². The van der Waals surface area contributed by atoms with Crippen molar-refractivity contribution < 1.29 is 20.8 Å². The molecule has 0 aliphatic carbocycles.